The van der Waals surface area contributed by atoms with Crippen LogP contribution in [0.15, 0.2) is 0 Å². The Hall–Kier alpha value is 0.200. The van der Waals surface area contributed by atoms with Gasteiger partial charge in [0, 0.05) is 4.83 Å². The summed E-state index contributed by atoms with van der Waals surface area (Å²) in [7, 11) is -10.1. The van der Waals surface area contributed by atoms with E-state index in [1.807, 2.05) is 0 Å². The van der Waals surface area contributed by atoms with Gasteiger partial charge in [0.1, 0.15) is 0 Å². The van der Waals surface area contributed by atoms with Crippen molar-refractivity contribution in [3.05, 3.63) is 10.1 Å². The molecule has 0 aliphatic heterocycles. The van der Waals surface area contributed by atoms with Gasteiger partial charge in [-0.25, -0.2) is 10.1 Å². The molecule has 0 unspecified atom stereocenters. The second-order valence-electron chi connectivity index (χ2n) is 1.32. The number of nitrogens with zero attached hydrogens (tertiary/aromatic N) is 1. The van der Waals surface area contributed by atoms with E-state index in [1.165, 1.54) is 0 Å². The minimum Gasteiger partial charge on any atom is -1.00 e. The monoisotopic (exact) mass is 212 g/mol. The van der Waals surface area contributed by atoms with E-state index in [0.29, 0.717) is 0 Å². The Kier molecular flexibility index (Phi) is 2.93. The number of hydrogen-bond donors (Lipinski definition) is 1. The molecular formula is H2F5N2NaO2S. The van der Waals surface area contributed by atoms with Gasteiger partial charge in [-0.05, 0) is 0 Å². The first-order valence-electron chi connectivity index (χ1n) is 1.56. The third-order valence-electron chi connectivity index (χ3n) is 0.247. The fraction of sp³-hybridized carbons (Fsp3) is 0. The van der Waals surface area contributed by atoms with Crippen molar-refractivity contribution in [1.82, 2.24) is 4.83 Å². The van der Waals surface area contributed by atoms with E-state index in [9.17, 15) is 19.4 Å². The van der Waals surface area contributed by atoms with Crippen molar-refractivity contribution >= 4 is 10.4 Å². The number of nitro groups is 1. The van der Waals surface area contributed by atoms with Crippen LogP contribution in [0, 0.1) is 10.1 Å². The molecule has 0 rings (SSSR count). The molecule has 0 saturated carbocycles. The van der Waals surface area contributed by atoms with E-state index in [1.54, 1.807) is 0 Å². The van der Waals surface area contributed by atoms with E-state index in [0.717, 1.165) is 0 Å². The Bertz CT molecular complexity index is 175. The van der Waals surface area contributed by atoms with Crippen LogP contribution >= 0.6 is 10.4 Å². The second kappa shape index (κ2) is 2.34. The normalized spacial score (nSPS) is 17.2. The van der Waals surface area contributed by atoms with Gasteiger partial charge in [-0.15, -0.1) is 0 Å². The van der Waals surface area contributed by atoms with Crippen molar-refractivity contribution < 1.29 is 55.4 Å². The van der Waals surface area contributed by atoms with Crippen LogP contribution in [0.4, 0.5) is 19.4 Å². The summed E-state index contributed by atoms with van der Waals surface area (Å²) < 4.78 is 54.6. The first-order chi connectivity index (χ1) is 3.89. The molecule has 0 atom stereocenters. The molecule has 1 N–H and O–H groups in total. The van der Waals surface area contributed by atoms with E-state index < -0.39 is 20.3 Å². The first-order valence-corrected chi connectivity index (χ1v) is 3.52. The summed E-state index contributed by atoms with van der Waals surface area (Å²) in [6.07, 6.45) is 0. The van der Waals surface area contributed by atoms with E-state index in [-0.39, 0.29) is 31.0 Å². The van der Waals surface area contributed by atoms with Crippen LogP contribution in [0.25, 0.3) is 0 Å². The van der Waals surface area contributed by atoms with Gasteiger partial charge in [0.15, 0.2) is 5.03 Å². The Morgan fingerprint density at radius 1 is 1.27 bits per heavy atom. The predicted molar refractivity (Wildman–Crippen MR) is 24.4 cm³/mol. The number of hydrogen-bond acceptors (Lipinski definition) is 2. The third kappa shape index (κ3) is 13.2. The van der Waals surface area contributed by atoms with Crippen molar-refractivity contribution in [2.75, 3.05) is 0 Å². The molecule has 0 aromatic heterocycles. The average Bonchev–Trinajstić information content (AvgIpc) is 1.12. The molecule has 0 heterocycles. The van der Waals surface area contributed by atoms with Gasteiger partial charge in [0.25, 0.3) is 0 Å². The number of hydrazine groups is 1. The third-order valence-corrected chi connectivity index (χ3v) is 0.741. The van der Waals surface area contributed by atoms with Gasteiger partial charge >= 0.3 is 40.0 Å². The molecule has 0 amide bonds. The first kappa shape index (κ1) is 13.8. The fourth-order valence-electron chi connectivity index (χ4n) is 0.141. The van der Waals surface area contributed by atoms with Gasteiger partial charge in [0.05, 0.1) is 0 Å². The van der Waals surface area contributed by atoms with Gasteiger partial charge in [-0.3, -0.25) is 0 Å². The molecule has 11 heteroatoms. The molecule has 0 fully saturated rings. The smallest absolute Gasteiger partial charge is 1.00 e. The molecular weight excluding hydrogens is 210 g/mol. The molecule has 4 nitrogen and oxygen atoms in total. The molecule has 0 aromatic rings. The molecule has 0 aromatic carbocycles. The molecule has 0 aliphatic carbocycles. The summed E-state index contributed by atoms with van der Waals surface area (Å²) in [5.41, 5.74) is 0. The summed E-state index contributed by atoms with van der Waals surface area (Å²) in [4.78, 5) is 7.99. The predicted octanol–water partition coefficient (Wildman–Crippen LogP) is -0.902. The van der Waals surface area contributed by atoms with Crippen LogP contribution < -0.4 is 34.4 Å². The van der Waals surface area contributed by atoms with E-state index in [4.69, 9.17) is 10.1 Å². The zero-order valence-corrected chi connectivity index (χ0v) is 7.88. The molecule has 0 aliphatic rings. The zero-order chi connectivity index (χ0) is 8.69. The molecule has 0 saturated heterocycles. The quantitative estimate of drug-likeness (QED) is 0.279. The average molecular weight is 212 g/mol. The maximum Gasteiger partial charge on any atom is 1.00 e. The minimum absolute atomic E-state index is 0. The zero-order valence-electron chi connectivity index (χ0n) is 6.06. The summed E-state index contributed by atoms with van der Waals surface area (Å²) in [5.74, 6) is 0. The maximum atomic E-state index is 10.9. The van der Waals surface area contributed by atoms with E-state index >= 15 is 0 Å². The van der Waals surface area contributed by atoms with Gasteiger partial charge in [-0.2, -0.15) is 0 Å². The van der Waals surface area contributed by atoms with Crippen molar-refractivity contribution in [2.45, 2.75) is 0 Å². The molecule has 0 spiro atoms. The van der Waals surface area contributed by atoms with Gasteiger partial charge in [-0.1, -0.05) is 19.4 Å². The number of nitrogens with one attached hydrogen (secondary N) is 1. The topological polar surface area (TPSA) is 55.2 Å². The second-order valence-corrected chi connectivity index (χ2v) is 3.44. The van der Waals surface area contributed by atoms with Crippen LogP contribution in [0.5, 0.6) is 0 Å². The van der Waals surface area contributed by atoms with Crippen molar-refractivity contribution in [3.63, 3.8) is 0 Å². The van der Waals surface area contributed by atoms with Crippen molar-refractivity contribution in [3.8, 4) is 0 Å². The summed E-state index contributed by atoms with van der Waals surface area (Å²) >= 11 is 0. The van der Waals surface area contributed by atoms with Crippen molar-refractivity contribution in [2.24, 2.45) is 0 Å². The molecule has 0 radical (unpaired) electrons. The Morgan fingerprint density at radius 2 is 1.55 bits per heavy atom. The van der Waals surface area contributed by atoms with Crippen LogP contribution in [0.2, 0.25) is 0 Å². The van der Waals surface area contributed by atoms with Gasteiger partial charge in [0.2, 0.25) is 0 Å². The number of halogens is 5. The fourth-order valence-corrected chi connectivity index (χ4v) is 0.423. The van der Waals surface area contributed by atoms with Crippen LogP contribution in [-0.2, 0) is 0 Å². The SMILES string of the molecule is O=[N+]([O-])NS(F)(F)(F)(F)F.[H-].[Na+]. The molecule has 66 valence electrons. The molecule has 11 heavy (non-hydrogen) atoms. The standard InChI is InChI=1S/F5HN2O2S.Na.H/c1-10(2,3,4,5)6-7(8)9;;/h6H;;/q;+1;-1. The summed E-state index contributed by atoms with van der Waals surface area (Å²) in [5, 5.41) is 6.60. The maximum absolute atomic E-state index is 10.9. The van der Waals surface area contributed by atoms with Crippen LogP contribution in [0.3, 0.4) is 0 Å². The van der Waals surface area contributed by atoms with Crippen LogP contribution in [0.1, 0.15) is 1.43 Å². The van der Waals surface area contributed by atoms with Crippen LogP contribution in [-0.4, -0.2) is 5.03 Å². The van der Waals surface area contributed by atoms with Crippen molar-refractivity contribution in [1.29, 1.82) is 0 Å². The molecule has 0 bridgehead atoms. The Labute approximate surface area is 80.9 Å². The minimum atomic E-state index is -10.1. The summed E-state index contributed by atoms with van der Waals surface area (Å²) in [6.45, 7) is 0. The van der Waals surface area contributed by atoms with E-state index in [2.05, 4.69) is 0 Å². The Balaban J connectivity index is -0.000000405. The van der Waals surface area contributed by atoms with Gasteiger partial charge < -0.3 is 1.43 Å². The number of rotatable bonds is 2. The largest absolute Gasteiger partial charge is 1.00 e. The summed E-state index contributed by atoms with van der Waals surface area (Å²) in [6, 6.07) is 0. The Morgan fingerprint density at radius 3 is 1.55 bits per heavy atom.